The molecule has 0 aromatic rings. The fourth-order valence-electron chi connectivity index (χ4n) is 5.32. The van der Waals surface area contributed by atoms with E-state index >= 15 is 0 Å². The Kier molecular flexibility index (Phi) is 2.54. The molecule has 1 N–H and O–H groups in total. The molecule has 4 rings (SSSR count). The molecule has 4 aliphatic rings. The van der Waals surface area contributed by atoms with Crippen molar-refractivity contribution in [2.45, 2.75) is 50.5 Å². The largest absolute Gasteiger partial charge is 0.385 e. The molecule has 0 saturated heterocycles. The summed E-state index contributed by atoms with van der Waals surface area (Å²) in [6.45, 7) is 0. The fourth-order valence-corrected chi connectivity index (χ4v) is 5.32. The lowest BCUT2D eigenvalue weighted by molar-refractivity contribution is -0.121. The molecular formula is C17H22O2. The van der Waals surface area contributed by atoms with Crippen molar-refractivity contribution in [2.75, 3.05) is 0 Å². The van der Waals surface area contributed by atoms with E-state index in [0.717, 1.165) is 30.3 Å². The van der Waals surface area contributed by atoms with Gasteiger partial charge in [0.1, 0.15) is 0 Å². The van der Waals surface area contributed by atoms with Crippen molar-refractivity contribution >= 4 is 5.78 Å². The van der Waals surface area contributed by atoms with Crippen molar-refractivity contribution < 1.29 is 9.90 Å². The lowest BCUT2D eigenvalue weighted by Crippen LogP contribution is -2.53. The Labute approximate surface area is 114 Å². The van der Waals surface area contributed by atoms with Gasteiger partial charge in [0, 0.05) is 6.42 Å². The summed E-state index contributed by atoms with van der Waals surface area (Å²) >= 11 is 0. The summed E-state index contributed by atoms with van der Waals surface area (Å²) in [6, 6.07) is 0. The third-order valence-electron chi connectivity index (χ3n) is 6.22. The van der Waals surface area contributed by atoms with Crippen LogP contribution in [0.2, 0.25) is 0 Å². The minimum Gasteiger partial charge on any atom is -0.385 e. The number of carbonyl (C=O) groups is 1. The van der Waals surface area contributed by atoms with Crippen LogP contribution < -0.4 is 0 Å². The molecule has 2 fully saturated rings. The Bertz CT molecular complexity index is 476. The third-order valence-corrected chi connectivity index (χ3v) is 6.22. The topological polar surface area (TPSA) is 37.3 Å². The first-order valence-corrected chi connectivity index (χ1v) is 7.81. The molecule has 2 saturated carbocycles. The van der Waals surface area contributed by atoms with Crippen molar-refractivity contribution in [2.24, 2.45) is 23.7 Å². The SMILES string of the molecule is O=C1C=C2CCC3C4CC=CC4CCC3C2(O)CC1. The van der Waals surface area contributed by atoms with E-state index in [-0.39, 0.29) is 5.78 Å². The van der Waals surface area contributed by atoms with E-state index in [1.54, 1.807) is 6.08 Å². The number of fused-ring (bicyclic) bond motifs is 5. The first-order valence-electron chi connectivity index (χ1n) is 7.81. The summed E-state index contributed by atoms with van der Waals surface area (Å²) in [5.74, 6) is 2.82. The van der Waals surface area contributed by atoms with Crippen molar-refractivity contribution in [3.8, 4) is 0 Å². The first-order chi connectivity index (χ1) is 9.18. The average Bonchev–Trinajstić information content (AvgIpc) is 2.88. The highest BCUT2D eigenvalue weighted by atomic mass is 16.3. The first kappa shape index (κ1) is 11.9. The van der Waals surface area contributed by atoms with Crippen molar-refractivity contribution in [3.05, 3.63) is 23.8 Å². The summed E-state index contributed by atoms with van der Waals surface area (Å²) in [4.78, 5) is 11.6. The Balaban J connectivity index is 1.68. The molecular weight excluding hydrogens is 236 g/mol. The predicted octanol–water partition coefficient (Wildman–Crippen LogP) is 3.02. The number of carbonyl (C=O) groups excluding carboxylic acids is 1. The molecule has 0 aromatic heterocycles. The maximum absolute atomic E-state index is 11.6. The van der Waals surface area contributed by atoms with Gasteiger partial charge < -0.3 is 5.11 Å². The summed E-state index contributed by atoms with van der Waals surface area (Å²) in [6.07, 6.45) is 13.4. The van der Waals surface area contributed by atoms with Gasteiger partial charge >= 0.3 is 0 Å². The normalized spacial score (nSPS) is 48.3. The minimum absolute atomic E-state index is 0.217. The van der Waals surface area contributed by atoms with Crippen LogP contribution in [0.15, 0.2) is 23.8 Å². The molecule has 0 spiro atoms. The highest BCUT2D eigenvalue weighted by molar-refractivity contribution is 5.92. The molecule has 102 valence electrons. The van der Waals surface area contributed by atoms with E-state index in [9.17, 15) is 9.90 Å². The van der Waals surface area contributed by atoms with Crippen LogP contribution in [0.25, 0.3) is 0 Å². The zero-order valence-electron chi connectivity index (χ0n) is 11.3. The second-order valence-electron chi connectivity index (χ2n) is 6.94. The van der Waals surface area contributed by atoms with Gasteiger partial charge in [-0.1, -0.05) is 12.2 Å². The van der Waals surface area contributed by atoms with Gasteiger partial charge in [0.25, 0.3) is 0 Å². The molecule has 4 aliphatic carbocycles. The Morgan fingerprint density at radius 3 is 2.95 bits per heavy atom. The highest BCUT2D eigenvalue weighted by Crippen LogP contribution is 2.56. The van der Waals surface area contributed by atoms with Gasteiger partial charge in [-0.05, 0) is 73.8 Å². The molecule has 0 aliphatic heterocycles. The van der Waals surface area contributed by atoms with Crippen molar-refractivity contribution in [1.82, 2.24) is 0 Å². The van der Waals surface area contributed by atoms with Gasteiger partial charge in [0.05, 0.1) is 5.60 Å². The maximum atomic E-state index is 11.6. The number of hydrogen-bond donors (Lipinski definition) is 1. The van der Waals surface area contributed by atoms with Crippen LogP contribution in [0.1, 0.15) is 44.9 Å². The van der Waals surface area contributed by atoms with Crippen molar-refractivity contribution in [3.63, 3.8) is 0 Å². The Morgan fingerprint density at radius 1 is 1.16 bits per heavy atom. The van der Waals surface area contributed by atoms with Crippen LogP contribution in [0.4, 0.5) is 0 Å². The van der Waals surface area contributed by atoms with Gasteiger partial charge in [-0.25, -0.2) is 0 Å². The van der Waals surface area contributed by atoms with Gasteiger partial charge in [-0.2, -0.15) is 0 Å². The number of ketones is 1. The van der Waals surface area contributed by atoms with E-state index in [2.05, 4.69) is 12.2 Å². The van der Waals surface area contributed by atoms with E-state index in [4.69, 9.17) is 0 Å². The van der Waals surface area contributed by atoms with E-state index < -0.39 is 5.60 Å². The fraction of sp³-hybridized carbons (Fsp3) is 0.706. The Hall–Kier alpha value is -0.890. The summed E-state index contributed by atoms with van der Waals surface area (Å²) in [7, 11) is 0. The predicted molar refractivity (Wildman–Crippen MR) is 73.5 cm³/mol. The lowest BCUT2D eigenvalue weighted by atomic mass is 9.54. The monoisotopic (exact) mass is 258 g/mol. The quantitative estimate of drug-likeness (QED) is 0.678. The smallest absolute Gasteiger partial charge is 0.155 e. The molecule has 5 atom stereocenters. The average molecular weight is 258 g/mol. The zero-order chi connectivity index (χ0) is 13.0. The highest BCUT2D eigenvalue weighted by Gasteiger charge is 2.53. The molecule has 0 bridgehead atoms. The zero-order valence-corrected chi connectivity index (χ0v) is 11.3. The van der Waals surface area contributed by atoms with Crippen molar-refractivity contribution in [1.29, 1.82) is 0 Å². The standard InChI is InChI=1S/C17H22O2/c18-13-8-9-17(19)12(10-13)5-6-15-14-3-1-2-11(14)4-7-16(15)17/h1-2,10-11,14-16,19H,3-9H2. The molecule has 19 heavy (non-hydrogen) atoms. The third kappa shape index (κ3) is 1.62. The van der Waals surface area contributed by atoms with E-state index in [0.29, 0.717) is 24.7 Å². The minimum atomic E-state index is -0.648. The van der Waals surface area contributed by atoms with Gasteiger partial charge in [-0.15, -0.1) is 0 Å². The number of allylic oxidation sites excluding steroid dienone is 3. The molecule has 0 aromatic carbocycles. The van der Waals surface area contributed by atoms with E-state index in [1.807, 2.05) is 0 Å². The van der Waals surface area contributed by atoms with Crippen LogP contribution in [0.5, 0.6) is 0 Å². The van der Waals surface area contributed by atoms with Crippen LogP contribution in [-0.2, 0) is 4.79 Å². The van der Waals surface area contributed by atoms with Gasteiger partial charge in [0.15, 0.2) is 5.78 Å². The molecule has 0 heterocycles. The molecule has 2 nitrogen and oxygen atoms in total. The molecule has 0 amide bonds. The van der Waals surface area contributed by atoms with E-state index in [1.165, 1.54) is 19.3 Å². The Morgan fingerprint density at radius 2 is 2.05 bits per heavy atom. The summed E-state index contributed by atoms with van der Waals surface area (Å²) < 4.78 is 0. The van der Waals surface area contributed by atoms with Crippen LogP contribution in [-0.4, -0.2) is 16.5 Å². The van der Waals surface area contributed by atoms with Crippen LogP contribution >= 0.6 is 0 Å². The van der Waals surface area contributed by atoms with Crippen LogP contribution in [0, 0.1) is 23.7 Å². The molecule has 2 heteroatoms. The summed E-state index contributed by atoms with van der Waals surface area (Å²) in [5.41, 5.74) is 0.402. The number of rotatable bonds is 0. The molecule has 5 unspecified atom stereocenters. The summed E-state index contributed by atoms with van der Waals surface area (Å²) in [5, 5.41) is 11.2. The second kappa shape index (κ2) is 4.05. The van der Waals surface area contributed by atoms with Crippen LogP contribution in [0.3, 0.4) is 0 Å². The number of hydrogen-bond acceptors (Lipinski definition) is 2. The number of aliphatic hydroxyl groups is 1. The van der Waals surface area contributed by atoms with Gasteiger partial charge in [-0.3, -0.25) is 4.79 Å². The second-order valence-corrected chi connectivity index (χ2v) is 6.94. The lowest BCUT2D eigenvalue weighted by Gasteiger charge is -2.53. The molecule has 0 radical (unpaired) electrons. The van der Waals surface area contributed by atoms with Gasteiger partial charge in [0.2, 0.25) is 0 Å². The maximum Gasteiger partial charge on any atom is 0.155 e.